The van der Waals surface area contributed by atoms with Gasteiger partial charge in [0.15, 0.2) is 0 Å². The SMILES string of the molecule is CC1N=C(c2ccc3ccccc3c2)C(C)(C)OC1=O. The summed E-state index contributed by atoms with van der Waals surface area (Å²) in [5.74, 6) is -0.264. The van der Waals surface area contributed by atoms with Crippen molar-refractivity contribution in [2.75, 3.05) is 0 Å². The summed E-state index contributed by atoms with van der Waals surface area (Å²) in [5, 5.41) is 2.35. The summed E-state index contributed by atoms with van der Waals surface area (Å²) in [6.45, 7) is 5.52. The van der Waals surface area contributed by atoms with Gasteiger partial charge in [0.05, 0.1) is 5.71 Å². The molecule has 1 aliphatic rings. The smallest absolute Gasteiger partial charge is 0.331 e. The van der Waals surface area contributed by atoms with Crippen LogP contribution in [-0.2, 0) is 9.53 Å². The van der Waals surface area contributed by atoms with Crippen LogP contribution in [0.3, 0.4) is 0 Å². The molecular formula is C17H17NO2. The third kappa shape index (κ3) is 2.09. The van der Waals surface area contributed by atoms with Crippen LogP contribution in [0.1, 0.15) is 26.3 Å². The predicted octanol–water partition coefficient (Wildman–Crippen LogP) is 3.35. The van der Waals surface area contributed by atoms with Gasteiger partial charge in [-0.05, 0) is 37.6 Å². The first-order valence-corrected chi connectivity index (χ1v) is 6.78. The minimum absolute atomic E-state index is 0.264. The Bertz CT molecular complexity index is 716. The highest BCUT2D eigenvalue weighted by molar-refractivity contribution is 6.11. The normalized spacial score (nSPS) is 21.4. The van der Waals surface area contributed by atoms with E-state index >= 15 is 0 Å². The molecule has 0 radical (unpaired) electrons. The van der Waals surface area contributed by atoms with Crippen molar-refractivity contribution >= 4 is 22.5 Å². The van der Waals surface area contributed by atoms with Crippen LogP contribution >= 0.6 is 0 Å². The third-order valence-corrected chi connectivity index (χ3v) is 3.61. The fraction of sp³-hybridized carbons (Fsp3) is 0.294. The number of hydrogen-bond donors (Lipinski definition) is 0. The first-order valence-electron chi connectivity index (χ1n) is 6.78. The fourth-order valence-corrected chi connectivity index (χ4v) is 2.55. The standard InChI is InChI=1S/C17H17NO2/c1-11-16(19)20-17(2,3)15(18-11)14-9-8-12-6-4-5-7-13(12)10-14/h4-11H,1-3H3. The van der Waals surface area contributed by atoms with E-state index in [0.29, 0.717) is 0 Å². The summed E-state index contributed by atoms with van der Waals surface area (Å²) in [5.41, 5.74) is 1.15. The number of benzene rings is 2. The zero-order chi connectivity index (χ0) is 14.3. The van der Waals surface area contributed by atoms with E-state index in [2.05, 4.69) is 29.3 Å². The summed E-state index contributed by atoms with van der Waals surface area (Å²) >= 11 is 0. The van der Waals surface area contributed by atoms with Crippen LogP contribution in [0.15, 0.2) is 47.5 Å². The lowest BCUT2D eigenvalue weighted by Gasteiger charge is -2.32. The lowest BCUT2D eigenvalue weighted by molar-refractivity contribution is -0.153. The maximum atomic E-state index is 11.7. The van der Waals surface area contributed by atoms with Crippen LogP contribution in [-0.4, -0.2) is 23.3 Å². The third-order valence-electron chi connectivity index (χ3n) is 3.61. The summed E-state index contributed by atoms with van der Waals surface area (Å²) in [6, 6.07) is 14.0. The second-order valence-corrected chi connectivity index (χ2v) is 5.65. The molecule has 2 aromatic rings. The number of hydrogen-bond acceptors (Lipinski definition) is 3. The summed E-state index contributed by atoms with van der Waals surface area (Å²) in [6.07, 6.45) is 0. The lowest BCUT2D eigenvalue weighted by atomic mass is 9.92. The molecule has 0 spiro atoms. The maximum Gasteiger partial charge on any atom is 0.331 e. The summed E-state index contributed by atoms with van der Waals surface area (Å²) in [7, 11) is 0. The van der Waals surface area contributed by atoms with E-state index in [0.717, 1.165) is 16.7 Å². The van der Waals surface area contributed by atoms with Gasteiger partial charge in [-0.2, -0.15) is 0 Å². The number of carbonyl (C=O) groups is 1. The zero-order valence-electron chi connectivity index (χ0n) is 11.9. The van der Waals surface area contributed by atoms with Gasteiger partial charge in [0, 0.05) is 5.56 Å². The maximum absolute atomic E-state index is 11.7. The lowest BCUT2D eigenvalue weighted by Crippen LogP contribution is -2.45. The van der Waals surface area contributed by atoms with Crippen LogP contribution in [0.5, 0.6) is 0 Å². The molecule has 3 rings (SSSR count). The molecule has 0 N–H and O–H groups in total. The Labute approximate surface area is 118 Å². The Kier molecular flexibility index (Phi) is 2.85. The quantitative estimate of drug-likeness (QED) is 0.743. The van der Waals surface area contributed by atoms with Crippen molar-refractivity contribution in [1.29, 1.82) is 0 Å². The van der Waals surface area contributed by atoms with Gasteiger partial charge in [0.2, 0.25) is 0 Å². The highest BCUT2D eigenvalue weighted by Gasteiger charge is 2.37. The molecule has 102 valence electrons. The van der Waals surface area contributed by atoms with Gasteiger partial charge in [-0.15, -0.1) is 0 Å². The Hall–Kier alpha value is -2.16. The predicted molar refractivity (Wildman–Crippen MR) is 80.1 cm³/mol. The highest BCUT2D eigenvalue weighted by Crippen LogP contribution is 2.26. The molecule has 0 aliphatic carbocycles. The Morgan fingerprint density at radius 2 is 1.80 bits per heavy atom. The number of ether oxygens (including phenoxy) is 1. The molecule has 1 aliphatic heterocycles. The second-order valence-electron chi connectivity index (χ2n) is 5.65. The molecule has 0 saturated heterocycles. The van der Waals surface area contributed by atoms with Gasteiger partial charge in [-0.3, -0.25) is 4.99 Å². The van der Waals surface area contributed by atoms with E-state index < -0.39 is 11.6 Å². The molecule has 3 nitrogen and oxygen atoms in total. The average molecular weight is 267 g/mol. The fourth-order valence-electron chi connectivity index (χ4n) is 2.55. The first kappa shape index (κ1) is 12.9. The van der Waals surface area contributed by atoms with Crippen LogP contribution < -0.4 is 0 Å². The van der Waals surface area contributed by atoms with Crippen molar-refractivity contribution in [2.24, 2.45) is 4.99 Å². The van der Waals surface area contributed by atoms with Crippen molar-refractivity contribution < 1.29 is 9.53 Å². The van der Waals surface area contributed by atoms with Gasteiger partial charge in [0.25, 0.3) is 0 Å². The van der Waals surface area contributed by atoms with E-state index in [9.17, 15) is 4.79 Å². The number of rotatable bonds is 1. The van der Waals surface area contributed by atoms with E-state index in [4.69, 9.17) is 4.74 Å². The Morgan fingerprint density at radius 1 is 1.10 bits per heavy atom. The molecule has 3 heteroatoms. The average Bonchev–Trinajstić information content (AvgIpc) is 2.42. The van der Waals surface area contributed by atoms with Crippen LogP contribution in [0.2, 0.25) is 0 Å². The monoisotopic (exact) mass is 267 g/mol. The van der Waals surface area contributed by atoms with Crippen molar-refractivity contribution in [2.45, 2.75) is 32.4 Å². The molecule has 0 fully saturated rings. The molecule has 1 heterocycles. The minimum atomic E-state index is -0.688. The van der Waals surface area contributed by atoms with Crippen molar-refractivity contribution in [3.63, 3.8) is 0 Å². The highest BCUT2D eigenvalue weighted by atomic mass is 16.6. The summed E-state index contributed by atoms with van der Waals surface area (Å²) < 4.78 is 5.50. The number of cyclic esters (lactones) is 1. The largest absolute Gasteiger partial charge is 0.452 e. The number of carbonyl (C=O) groups excluding carboxylic acids is 1. The summed E-state index contributed by atoms with van der Waals surface area (Å²) in [4.78, 5) is 16.2. The van der Waals surface area contributed by atoms with Gasteiger partial charge in [-0.1, -0.05) is 36.4 Å². The Morgan fingerprint density at radius 3 is 2.55 bits per heavy atom. The van der Waals surface area contributed by atoms with Crippen molar-refractivity contribution in [1.82, 2.24) is 0 Å². The second kappa shape index (κ2) is 4.44. The molecule has 0 aromatic heterocycles. The van der Waals surface area contributed by atoms with Crippen LogP contribution in [0, 0.1) is 0 Å². The van der Waals surface area contributed by atoms with Gasteiger partial charge in [-0.25, -0.2) is 4.79 Å². The molecule has 1 unspecified atom stereocenters. The number of esters is 1. The van der Waals surface area contributed by atoms with Crippen LogP contribution in [0.25, 0.3) is 10.8 Å². The van der Waals surface area contributed by atoms with E-state index in [-0.39, 0.29) is 5.97 Å². The molecule has 20 heavy (non-hydrogen) atoms. The minimum Gasteiger partial charge on any atom is -0.452 e. The topological polar surface area (TPSA) is 38.7 Å². The first-order chi connectivity index (χ1) is 9.47. The molecular weight excluding hydrogens is 250 g/mol. The Balaban J connectivity index is 2.14. The van der Waals surface area contributed by atoms with Gasteiger partial charge < -0.3 is 4.74 Å². The van der Waals surface area contributed by atoms with Gasteiger partial charge >= 0.3 is 5.97 Å². The van der Waals surface area contributed by atoms with E-state index in [1.807, 2.05) is 32.0 Å². The zero-order valence-corrected chi connectivity index (χ0v) is 11.9. The van der Waals surface area contributed by atoms with Gasteiger partial charge in [0.1, 0.15) is 11.6 Å². The number of nitrogens with zero attached hydrogens (tertiary/aromatic N) is 1. The molecule has 0 bridgehead atoms. The number of fused-ring (bicyclic) bond motifs is 1. The molecule has 0 amide bonds. The van der Waals surface area contributed by atoms with Crippen molar-refractivity contribution in [3.05, 3.63) is 48.0 Å². The molecule has 2 aromatic carbocycles. The van der Waals surface area contributed by atoms with E-state index in [1.54, 1.807) is 6.92 Å². The van der Waals surface area contributed by atoms with Crippen LogP contribution in [0.4, 0.5) is 0 Å². The van der Waals surface area contributed by atoms with Crippen molar-refractivity contribution in [3.8, 4) is 0 Å². The molecule has 1 atom stereocenters. The van der Waals surface area contributed by atoms with E-state index in [1.165, 1.54) is 5.39 Å². The number of aliphatic imine (C=N–C) groups is 1. The molecule has 0 saturated carbocycles.